The molecular weight excluding hydrogens is 511 g/mol. The zero-order chi connectivity index (χ0) is 26.2. The highest BCUT2D eigenvalue weighted by Gasteiger charge is 2.90. The monoisotopic (exact) mass is 530 g/mol. The van der Waals surface area contributed by atoms with Crippen molar-refractivity contribution in [3.63, 3.8) is 0 Å². The molecule has 0 saturated carbocycles. The van der Waals surface area contributed by atoms with Crippen molar-refractivity contribution in [2.45, 2.75) is 68.2 Å². The maximum Gasteiger partial charge on any atom is 0.395 e. The number of hydrogen-bond donors (Lipinski definition) is 0. The van der Waals surface area contributed by atoms with Crippen LogP contribution in [-0.2, 0) is 0 Å². The number of halogens is 15. The average molecular weight is 530 g/mol. The van der Waals surface area contributed by atoms with Gasteiger partial charge in [0.25, 0.3) is 0 Å². The first-order valence-corrected chi connectivity index (χ1v) is 9.66. The molecule has 0 spiro atoms. The van der Waals surface area contributed by atoms with E-state index in [0.717, 1.165) is 0 Å². The van der Waals surface area contributed by atoms with Gasteiger partial charge >= 0.3 is 41.0 Å². The molecule has 0 amide bonds. The predicted molar refractivity (Wildman–Crippen MR) is 84.7 cm³/mol. The van der Waals surface area contributed by atoms with Gasteiger partial charge in [-0.2, -0.15) is 65.9 Å². The van der Waals surface area contributed by atoms with Crippen molar-refractivity contribution in [2.75, 3.05) is 25.5 Å². The molecule has 17 heteroatoms. The normalized spacial score (nSPS) is 15.9. The molecule has 0 atom stereocenters. The van der Waals surface area contributed by atoms with Gasteiger partial charge in [-0.25, -0.2) is 0 Å². The number of thioether (sulfide) groups is 1. The second-order valence-electron chi connectivity index (χ2n) is 6.87. The van der Waals surface area contributed by atoms with E-state index < -0.39 is 69.6 Å². The van der Waals surface area contributed by atoms with Crippen LogP contribution in [0, 0.1) is 0 Å². The third-order valence-corrected chi connectivity index (χ3v) is 6.26. The minimum atomic E-state index is -8.01. The lowest BCUT2D eigenvalue weighted by atomic mass is 9.93. The average Bonchev–Trinajstić information content (AvgIpc) is 2.60. The van der Waals surface area contributed by atoms with Crippen molar-refractivity contribution in [1.82, 2.24) is 0 Å². The second kappa shape index (κ2) is 9.13. The predicted octanol–water partition coefficient (Wildman–Crippen LogP) is 7.28. The van der Waals surface area contributed by atoms with Crippen LogP contribution in [0.15, 0.2) is 0 Å². The highest BCUT2D eigenvalue weighted by Crippen LogP contribution is 2.62. The molecule has 0 fully saturated rings. The van der Waals surface area contributed by atoms with Crippen LogP contribution in [0.1, 0.15) is 27.2 Å². The Morgan fingerprint density at radius 2 is 0.875 bits per heavy atom. The zero-order valence-electron chi connectivity index (χ0n) is 16.6. The molecule has 0 aliphatic heterocycles. The smallest absolute Gasteiger partial charge is 0.316 e. The molecule has 0 aliphatic rings. The molecule has 0 radical (unpaired) electrons. The SMILES string of the molecule is CC[N+](CC)(CC)CSC(F)(F)C(F)(F)C(F)(F)C(F)(F)C(F)(F)C(F)(F)CC(F)(F)F. The van der Waals surface area contributed by atoms with Gasteiger partial charge in [-0.05, 0) is 32.5 Å². The van der Waals surface area contributed by atoms with Crippen LogP contribution >= 0.6 is 11.8 Å². The van der Waals surface area contributed by atoms with E-state index in [9.17, 15) is 65.9 Å². The van der Waals surface area contributed by atoms with E-state index in [0.29, 0.717) is 0 Å². The Balaban J connectivity index is 6.26. The van der Waals surface area contributed by atoms with Crippen LogP contribution in [0.2, 0.25) is 0 Å². The van der Waals surface area contributed by atoms with E-state index >= 15 is 0 Å². The van der Waals surface area contributed by atoms with E-state index in [1.807, 2.05) is 0 Å². The van der Waals surface area contributed by atoms with E-state index in [1.54, 1.807) is 0 Å². The molecule has 0 heterocycles. The summed E-state index contributed by atoms with van der Waals surface area (Å²) >= 11 is -1.30. The van der Waals surface area contributed by atoms with Crippen LogP contribution < -0.4 is 0 Å². The molecule has 0 aromatic carbocycles. The Morgan fingerprint density at radius 1 is 0.531 bits per heavy atom. The number of rotatable bonds is 12. The lowest BCUT2D eigenvalue weighted by Gasteiger charge is -2.42. The number of alkyl halides is 15. The van der Waals surface area contributed by atoms with Crippen LogP contribution in [0.25, 0.3) is 0 Å². The van der Waals surface area contributed by atoms with Crippen LogP contribution in [0.3, 0.4) is 0 Å². The summed E-state index contributed by atoms with van der Waals surface area (Å²) < 4.78 is 199. The fourth-order valence-electron chi connectivity index (χ4n) is 2.42. The Kier molecular flexibility index (Phi) is 8.92. The minimum absolute atomic E-state index is 0.0179. The lowest BCUT2D eigenvalue weighted by Crippen LogP contribution is -2.70. The van der Waals surface area contributed by atoms with Crippen molar-refractivity contribution in [3.05, 3.63) is 0 Å². The van der Waals surface area contributed by atoms with E-state index in [4.69, 9.17) is 0 Å². The molecule has 0 aromatic rings. The van der Waals surface area contributed by atoms with Gasteiger partial charge in [0.1, 0.15) is 12.3 Å². The van der Waals surface area contributed by atoms with E-state index in [1.165, 1.54) is 20.8 Å². The van der Waals surface area contributed by atoms with Gasteiger partial charge in [-0.15, -0.1) is 0 Å². The molecule has 0 bridgehead atoms. The van der Waals surface area contributed by atoms with Crippen molar-refractivity contribution in [1.29, 1.82) is 0 Å². The maximum absolute atomic E-state index is 13.9. The zero-order valence-corrected chi connectivity index (χ0v) is 17.4. The first-order valence-electron chi connectivity index (χ1n) is 8.67. The summed E-state index contributed by atoms with van der Waals surface area (Å²) in [6.45, 7) is 4.10. The molecule has 194 valence electrons. The number of nitrogens with zero attached hydrogens (tertiary/aromatic N) is 1. The maximum atomic E-state index is 13.9. The second-order valence-corrected chi connectivity index (χ2v) is 7.93. The summed E-state index contributed by atoms with van der Waals surface area (Å²) in [5, 5.41) is -6.20. The van der Waals surface area contributed by atoms with Crippen molar-refractivity contribution < 1.29 is 70.3 Å². The summed E-state index contributed by atoms with van der Waals surface area (Å²) in [7, 11) is 0. The molecule has 0 rings (SSSR count). The molecular formula is C15H19F15NS+. The van der Waals surface area contributed by atoms with E-state index in [-0.39, 0.29) is 19.6 Å². The van der Waals surface area contributed by atoms with Gasteiger partial charge < -0.3 is 4.48 Å². The van der Waals surface area contributed by atoms with Crippen molar-refractivity contribution in [3.8, 4) is 0 Å². The molecule has 0 N–H and O–H groups in total. The number of hydrogen-bond acceptors (Lipinski definition) is 1. The Hall–Kier alpha value is -0.740. The van der Waals surface area contributed by atoms with Gasteiger partial charge in [-0.3, -0.25) is 0 Å². The van der Waals surface area contributed by atoms with Crippen molar-refractivity contribution in [2.24, 2.45) is 0 Å². The molecule has 32 heavy (non-hydrogen) atoms. The molecule has 0 saturated heterocycles. The lowest BCUT2D eigenvalue weighted by molar-refractivity contribution is -0.911. The third-order valence-electron chi connectivity index (χ3n) is 4.96. The molecule has 0 aliphatic carbocycles. The largest absolute Gasteiger partial charge is 0.395 e. The summed E-state index contributed by atoms with van der Waals surface area (Å²) in [5.74, 6) is -39.1. The standard InChI is InChI=1S/C15H19F15NS/c1-4-31(5-2,6-3)8-32-15(29,30)14(27,28)13(25,26)12(23,24)11(21,22)9(16,17)7-10(18,19)20/h4-8H2,1-3H3/q+1. The quantitative estimate of drug-likeness (QED) is 0.145. The van der Waals surface area contributed by atoms with Gasteiger partial charge in [0.05, 0.1) is 19.6 Å². The third kappa shape index (κ3) is 5.32. The first-order chi connectivity index (χ1) is 13.8. The van der Waals surface area contributed by atoms with Gasteiger partial charge in [0.15, 0.2) is 0 Å². The highest BCUT2D eigenvalue weighted by atomic mass is 32.2. The van der Waals surface area contributed by atoms with Crippen LogP contribution in [-0.4, -0.2) is 71.0 Å². The first kappa shape index (κ1) is 31.3. The van der Waals surface area contributed by atoms with Crippen LogP contribution in [0.5, 0.6) is 0 Å². The van der Waals surface area contributed by atoms with Crippen LogP contribution in [0.4, 0.5) is 65.9 Å². The van der Waals surface area contributed by atoms with E-state index in [2.05, 4.69) is 0 Å². The molecule has 0 aromatic heterocycles. The highest BCUT2D eigenvalue weighted by molar-refractivity contribution is 8.00. The fraction of sp³-hybridized carbons (Fsp3) is 1.00. The fourth-order valence-corrected chi connectivity index (χ4v) is 3.72. The summed E-state index contributed by atoms with van der Waals surface area (Å²) in [6.07, 6.45) is -10.4. The number of quaternary nitrogens is 1. The van der Waals surface area contributed by atoms with Gasteiger partial charge in [0, 0.05) is 0 Å². The topological polar surface area (TPSA) is 0 Å². The van der Waals surface area contributed by atoms with Gasteiger partial charge in [-0.1, -0.05) is 0 Å². The minimum Gasteiger partial charge on any atom is -0.316 e. The Bertz CT molecular complexity index is 617. The summed E-state index contributed by atoms with van der Waals surface area (Å²) in [4.78, 5) is 0. The van der Waals surface area contributed by atoms with Crippen molar-refractivity contribution >= 4 is 11.8 Å². The summed E-state index contributed by atoms with van der Waals surface area (Å²) in [6, 6.07) is 0. The van der Waals surface area contributed by atoms with Gasteiger partial charge in [0.2, 0.25) is 0 Å². The Labute approximate surface area is 176 Å². The molecule has 0 unspecified atom stereocenters. The Morgan fingerprint density at radius 3 is 1.19 bits per heavy atom. The molecule has 1 nitrogen and oxygen atoms in total. The summed E-state index contributed by atoms with van der Waals surface area (Å²) in [5.41, 5.74) is 0.